The molecule has 0 fully saturated rings. The summed E-state index contributed by atoms with van der Waals surface area (Å²) in [6, 6.07) is 8.99. The van der Waals surface area contributed by atoms with E-state index in [0.29, 0.717) is 23.0 Å². The number of H-pyrrole nitrogens is 1. The van der Waals surface area contributed by atoms with Gasteiger partial charge in [-0.3, -0.25) is 19.4 Å². The van der Waals surface area contributed by atoms with E-state index in [2.05, 4.69) is 25.5 Å². The second-order valence-electron chi connectivity index (χ2n) is 5.64. The predicted molar refractivity (Wildman–Crippen MR) is 110 cm³/mol. The van der Waals surface area contributed by atoms with Crippen molar-refractivity contribution in [3.8, 4) is 11.3 Å². The highest BCUT2D eigenvalue weighted by atomic mass is 32.2. The highest BCUT2D eigenvalue weighted by Gasteiger charge is 2.12. The van der Waals surface area contributed by atoms with Gasteiger partial charge < -0.3 is 10.1 Å². The van der Waals surface area contributed by atoms with Gasteiger partial charge in [0.15, 0.2) is 16.0 Å². The van der Waals surface area contributed by atoms with Gasteiger partial charge in [-0.15, -0.1) is 21.5 Å². The van der Waals surface area contributed by atoms with E-state index in [9.17, 15) is 14.4 Å². The molecule has 0 atom stereocenters. The maximum Gasteiger partial charge on any atom is 0.311 e. The van der Waals surface area contributed by atoms with Crippen molar-refractivity contribution >= 4 is 40.1 Å². The van der Waals surface area contributed by atoms with Crippen molar-refractivity contribution in [3.63, 3.8) is 0 Å². The standard InChI is InChI=1S/C18H17N5O4S2/c1-2-27-14(25)8-12-9-28-17(19-12)20-13(24)10-29-18-21-16(26)15(22-23-18)11-6-4-3-5-7-11/h3-7,9H,2,8,10H2,1H3,(H,19,20,24)(H,21,23,26). The van der Waals surface area contributed by atoms with Crippen LogP contribution >= 0.6 is 23.1 Å². The van der Waals surface area contributed by atoms with Gasteiger partial charge in [-0.2, -0.15) is 0 Å². The van der Waals surface area contributed by atoms with Gasteiger partial charge in [0, 0.05) is 10.9 Å². The van der Waals surface area contributed by atoms with Gasteiger partial charge in [0.2, 0.25) is 5.91 Å². The third-order valence-corrected chi connectivity index (χ3v) is 5.16. The Morgan fingerprint density at radius 2 is 2.03 bits per heavy atom. The number of hydrogen-bond donors (Lipinski definition) is 2. The number of thiazole rings is 1. The van der Waals surface area contributed by atoms with Crippen LogP contribution in [0.3, 0.4) is 0 Å². The first kappa shape index (κ1) is 20.7. The normalized spacial score (nSPS) is 10.5. The maximum absolute atomic E-state index is 12.2. The summed E-state index contributed by atoms with van der Waals surface area (Å²) in [5.74, 6) is -0.670. The largest absolute Gasteiger partial charge is 0.466 e. The molecule has 0 saturated heterocycles. The van der Waals surface area contributed by atoms with Crippen LogP contribution in [0.2, 0.25) is 0 Å². The molecule has 29 heavy (non-hydrogen) atoms. The number of nitrogens with zero attached hydrogens (tertiary/aromatic N) is 3. The Morgan fingerprint density at radius 3 is 2.76 bits per heavy atom. The fraction of sp³-hybridized carbons (Fsp3) is 0.222. The van der Waals surface area contributed by atoms with Gasteiger partial charge in [0.1, 0.15) is 0 Å². The number of anilines is 1. The van der Waals surface area contributed by atoms with Crippen LogP contribution in [0, 0.1) is 0 Å². The van der Waals surface area contributed by atoms with Gasteiger partial charge in [-0.25, -0.2) is 4.98 Å². The summed E-state index contributed by atoms with van der Waals surface area (Å²) in [5.41, 5.74) is 1.04. The summed E-state index contributed by atoms with van der Waals surface area (Å²) in [4.78, 5) is 42.5. The summed E-state index contributed by atoms with van der Waals surface area (Å²) in [6.07, 6.45) is 0.0551. The van der Waals surface area contributed by atoms with Crippen molar-refractivity contribution in [2.24, 2.45) is 0 Å². The highest BCUT2D eigenvalue weighted by molar-refractivity contribution is 7.99. The molecule has 11 heteroatoms. The average Bonchev–Trinajstić information content (AvgIpc) is 3.14. The fourth-order valence-electron chi connectivity index (χ4n) is 2.27. The van der Waals surface area contributed by atoms with Crippen LogP contribution in [0.1, 0.15) is 12.6 Å². The number of thioether (sulfide) groups is 1. The molecule has 0 unspecified atom stereocenters. The van der Waals surface area contributed by atoms with Crippen molar-refractivity contribution in [2.45, 2.75) is 18.5 Å². The first-order chi connectivity index (χ1) is 14.0. The Balaban J connectivity index is 1.53. The molecule has 0 aliphatic heterocycles. The lowest BCUT2D eigenvalue weighted by atomic mass is 10.2. The zero-order valence-corrected chi connectivity index (χ0v) is 17.0. The minimum Gasteiger partial charge on any atom is -0.466 e. The minimum absolute atomic E-state index is 0.0160. The van der Waals surface area contributed by atoms with Crippen LogP contribution in [0.25, 0.3) is 11.3 Å². The van der Waals surface area contributed by atoms with E-state index >= 15 is 0 Å². The highest BCUT2D eigenvalue weighted by Crippen LogP contribution is 2.18. The van der Waals surface area contributed by atoms with Gasteiger partial charge in [0.05, 0.1) is 24.5 Å². The molecule has 1 aromatic carbocycles. The van der Waals surface area contributed by atoms with Crippen LogP contribution in [0.15, 0.2) is 45.7 Å². The summed E-state index contributed by atoms with van der Waals surface area (Å²) < 4.78 is 4.86. The van der Waals surface area contributed by atoms with E-state index in [4.69, 9.17) is 4.74 Å². The van der Waals surface area contributed by atoms with E-state index in [1.54, 1.807) is 36.6 Å². The Bertz CT molecular complexity index is 1050. The topological polar surface area (TPSA) is 127 Å². The second kappa shape index (κ2) is 9.94. The van der Waals surface area contributed by atoms with Gasteiger partial charge in [0.25, 0.3) is 5.56 Å². The molecule has 0 radical (unpaired) electrons. The number of rotatable bonds is 8. The molecule has 3 aromatic rings. The quantitative estimate of drug-likeness (QED) is 0.410. The number of ether oxygens (including phenoxy) is 1. The van der Waals surface area contributed by atoms with E-state index in [0.717, 1.165) is 11.8 Å². The molecule has 9 nitrogen and oxygen atoms in total. The molecule has 2 heterocycles. The lowest BCUT2D eigenvalue weighted by molar-refractivity contribution is -0.142. The Morgan fingerprint density at radius 1 is 1.24 bits per heavy atom. The van der Waals surface area contributed by atoms with Crippen LogP contribution < -0.4 is 10.9 Å². The monoisotopic (exact) mass is 431 g/mol. The molecule has 0 aliphatic carbocycles. The SMILES string of the molecule is CCOC(=O)Cc1csc(NC(=O)CSc2nnc(-c3ccccc3)c(=O)[nH]2)n1. The van der Waals surface area contributed by atoms with Crippen molar-refractivity contribution in [1.82, 2.24) is 20.2 Å². The Labute approximate surface area is 173 Å². The summed E-state index contributed by atoms with van der Waals surface area (Å²) >= 11 is 2.27. The number of carbonyl (C=O) groups excluding carboxylic acids is 2. The van der Waals surface area contributed by atoms with Crippen molar-refractivity contribution in [1.29, 1.82) is 0 Å². The molecule has 2 aromatic heterocycles. The number of benzene rings is 1. The van der Waals surface area contributed by atoms with Crippen LogP contribution in [0.4, 0.5) is 5.13 Å². The molecule has 2 N–H and O–H groups in total. The zero-order valence-electron chi connectivity index (χ0n) is 15.4. The number of aromatic nitrogens is 4. The first-order valence-electron chi connectivity index (χ1n) is 8.60. The van der Waals surface area contributed by atoms with Crippen molar-refractivity contribution in [2.75, 3.05) is 17.7 Å². The Kier molecular flexibility index (Phi) is 7.09. The molecule has 0 bridgehead atoms. The average molecular weight is 431 g/mol. The molecule has 1 amide bonds. The van der Waals surface area contributed by atoms with E-state index in [1.165, 1.54) is 11.3 Å². The summed E-state index contributed by atoms with van der Waals surface area (Å²) in [5, 5.41) is 12.9. The smallest absolute Gasteiger partial charge is 0.311 e. The number of carbonyl (C=O) groups is 2. The number of esters is 1. The molecule has 150 valence electrons. The number of amides is 1. The molecule has 0 aliphatic rings. The number of aromatic amines is 1. The fourth-order valence-corrected chi connectivity index (χ4v) is 3.60. The lowest BCUT2D eigenvalue weighted by Crippen LogP contribution is -2.17. The third-order valence-electron chi connectivity index (χ3n) is 3.49. The third kappa shape index (κ3) is 5.96. The lowest BCUT2D eigenvalue weighted by Gasteiger charge is -2.03. The predicted octanol–water partition coefficient (Wildman–Crippen LogP) is 2.12. The second-order valence-corrected chi connectivity index (χ2v) is 7.46. The van der Waals surface area contributed by atoms with Gasteiger partial charge >= 0.3 is 5.97 Å². The van der Waals surface area contributed by atoms with Gasteiger partial charge in [-0.1, -0.05) is 42.1 Å². The molecule has 3 rings (SSSR count). The number of nitrogens with one attached hydrogen (secondary N) is 2. The van der Waals surface area contributed by atoms with Crippen LogP contribution in [0.5, 0.6) is 0 Å². The van der Waals surface area contributed by atoms with E-state index in [-0.39, 0.29) is 40.5 Å². The molecule has 0 saturated carbocycles. The van der Waals surface area contributed by atoms with Crippen molar-refractivity contribution < 1.29 is 14.3 Å². The summed E-state index contributed by atoms with van der Waals surface area (Å²) in [6.45, 7) is 2.04. The van der Waals surface area contributed by atoms with E-state index < -0.39 is 0 Å². The van der Waals surface area contributed by atoms with Crippen molar-refractivity contribution in [3.05, 3.63) is 51.8 Å². The molecule has 0 spiro atoms. The first-order valence-corrected chi connectivity index (χ1v) is 10.5. The molecular weight excluding hydrogens is 414 g/mol. The van der Waals surface area contributed by atoms with Crippen LogP contribution in [-0.4, -0.2) is 44.4 Å². The maximum atomic E-state index is 12.2. The minimum atomic E-state index is -0.377. The summed E-state index contributed by atoms with van der Waals surface area (Å²) in [7, 11) is 0. The Hall–Kier alpha value is -3.05. The number of hydrogen-bond acceptors (Lipinski definition) is 9. The van der Waals surface area contributed by atoms with Gasteiger partial charge in [-0.05, 0) is 6.92 Å². The van der Waals surface area contributed by atoms with E-state index in [1.807, 2.05) is 6.07 Å². The molecular formula is C18H17N5O4S2. The van der Waals surface area contributed by atoms with Crippen LogP contribution in [-0.2, 0) is 20.7 Å². The zero-order chi connectivity index (χ0) is 20.6.